The van der Waals surface area contributed by atoms with E-state index in [0.29, 0.717) is 0 Å². The number of hydrogen-bond donors (Lipinski definition) is 0. The molecule has 0 spiro atoms. The molecule has 2 aliphatic carbocycles. The molecule has 0 heteroatoms. The first-order chi connectivity index (χ1) is 8.95. The number of hydrogen-bond acceptors (Lipinski definition) is 0. The van der Waals surface area contributed by atoms with Crippen LogP contribution in [0.1, 0.15) is 103 Å². The topological polar surface area (TPSA) is 0 Å². The predicted octanol–water partition coefficient (Wildman–Crippen LogP) is 6.49. The predicted molar refractivity (Wildman–Crippen MR) is 80.9 cm³/mol. The van der Waals surface area contributed by atoms with Crippen LogP contribution in [0.2, 0.25) is 0 Å². The van der Waals surface area contributed by atoms with Gasteiger partial charge in [0.25, 0.3) is 0 Å². The van der Waals surface area contributed by atoms with Crippen LogP contribution in [0.3, 0.4) is 0 Å². The van der Waals surface area contributed by atoms with E-state index in [2.05, 4.69) is 0 Å². The van der Waals surface area contributed by atoms with Crippen LogP contribution in [0.4, 0.5) is 0 Å². The molecule has 0 atom stereocenters. The zero-order valence-corrected chi connectivity index (χ0v) is 12.5. The molecule has 0 aromatic rings. The Bertz CT molecular complexity index is 158. The third-order valence-corrected chi connectivity index (χ3v) is 5.42. The van der Waals surface area contributed by atoms with E-state index in [0.717, 1.165) is 11.8 Å². The van der Waals surface area contributed by atoms with Gasteiger partial charge in [-0.15, -0.1) is 0 Å². The van der Waals surface area contributed by atoms with Gasteiger partial charge in [-0.25, -0.2) is 0 Å². The minimum absolute atomic E-state index is 1.10. The summed E-state index contributed by atoms with van der Waals surface area (Å²) < 4.78 is 0. The second kappa shape index (κ2) is 8.99. The van der Waals surface area contributed by atoms with Gasteiger partial charge in [0.1, 0.15) is 0 Å². The molecule has 2 aliphatic rings. The van der Waals surface area contributed by atoms with Gasteiger partial charge in [0.2, 0.25) is 0 Å². The maximum atomic E-state index is 1.55. The maximum absolute atomic E-state index is 1.55. The van der Waals surface area contributed by atoms with Crippen LogP contribution in [0.15, 0.2) is 0 Å². The summed E-state index contributed by atoms with van der Waals surface area (Å²) in [7, 11) is 0. The molecule has 0 radical (unpaired) electrons. The van der Waals surface area contributed by atoms with Gasteiger partial charge in [0.05, 0.1) is 0 Å². The summed E-state index contributed by atoms with van der Waals surface area (Å²) >= 11 is 0. The minimum atomic E-state index is 1.10. The van der Waals surface area contributed by atoms with Gasteiger partial charge in [-0.05, 0) is 11.8 Å². The molecule has 0 amide bonds. The van der Waals surface area contributed by atoms with Crippen LogP contribution in [-0.2, 0) is 0 Å². The van der Waals surface area contributed by atoms with E-state index in [1.54, 1.807) is 38.5 Å². The monoisotopic (exact) mass is 250 g/mol. The molecule has 0 aliphatic heterocycles. The van der Waals surface area contributed by atoms with Gasteiger partial charge in [-0.2, -0.15) is 0 Å². The van der Waals surface area contributed by atoms with Gasteiger partial charge >= 0.3 is 0 Å². The van der Waals surface area contributed by atoms with Gasteiger partial charge in [-0.3, -0.25) is 0 Å². The lowest BCUT2D eigenvalue weighted by molar-refractivity contribution is 0.371. The van der Waals surface area contributed by atoms with Crippen LogP contribution in [-0.4, -0.2) is 0 Å². The largest absolute Gasteiger partial charge is 0.0533 e. The second-order valence-corrected chi connectivity index (χ2v) is 7.00. The van der Waals surface area contributed by atoms with Crippen molar-refractivity contribution in [1.82, 2.24) is 0 Å². The number of rotatable bonds is 5. The fourth-order valence-corrected chi connectivity index (χ4v) is 4.17. The molecule has 0 nitrogen and oxygen atoms in total. The molecule has 0 aromatic carbocycles. The zero-order chi connectivity index (χ0) is 12.5. The lowest BCUT2D eigenvalue weighted by Gasteiger charge is -2.16. The third kappa shape index (κ3) is 5.76. The lowest BCUT2D eigenvalue weighted by atomic mass is 9.90. The fraction of sp³-hybridized carbons (Fsp3) is 1.00. The Balaban J connectivity index is 1.51. The summed E-state index contributed by atoms with van der Waals surface area (Å²) in [6.07, 6.45) is 24.5. The van der Waals surface area contributed by atoms with E-state index < -0.39 is 0 Å². The highest BCUT2D eigenvalue weighted by atomic mass is 14.2. The number of unbranched alkanes of at least 4 members (excludes halogenated alkanes) is 1. The summed E-state index contributed by atoms with van der Waals surface area (Å²) in [4.78, 5) is 0. The molecule has 0 saturated heterocycles. The Kier molecular flexibility index (Phi) is 7.20. The molecule has 18 heavy (non-hydrogen) atoms. The standard InChI is InChI=1S/C18H34/c1-2-6-12-17(11-5-1)15-9-10-16-18-13-7-3-4-8-14-18/h17-18H,1-16H2. The van der Waals surface area contributed by atoms with Crippen LogP contribution in [0.25, 0.3) is 0 Å². The van der Waals surface area contributed by atoms with Gasteiger partial charge in [0, 0.05) is 0 Å². The molecule has 0 aromatic heterocycles. The van der Waals surface area contributed by atoms with E-state index in [4.69, 9.17) is 0 Å². The van der Waals surface area contributed by atoms with Crippen LogP contribution in [0, 0.1) is 11.8 Å². The molecule has 2 rings (SSSR count). The smallest absolute Gasteiger partial charge is 0.0414 e. The third-order valence-electron chi connectivity index (χ3n) is 5.42. The van der Waals surface area contributed by atoms with E-state index in [1.807, 2.05) is 0 Å². The molecular formula is C18H34. The Hall–Kier alpha value is 0. The first-order valence-corrected chi connectivity index (χ1v) is 8.95. The van der Waals surface area contributed by atoms with Crippen LogP contribution in [0.5, 0.6) is 0 Å². The quantitative estimate of drug-likeness (QED) is 0.386. The lowest BCUT2D eigenvalue weighted by Crippen LogP contribution is -2.01. The highest BCUT2D eigenvalue weighted by Gasteiger charge is 2.14. The molecule has 106 valence electrons. The molecule has 0 unspecified atom stereocenters. The molecular weight excluding hydrogens is 216 g/mol. The summed E-state index contributed by atoms with van der Waals surface area (Å²) in [5, 5.41) is 0. The average molecular weight is 250 g/mol. The SMILES string of the molecule is C1CCCC(CCCCC2CCCCCC2)CC1. The van der Waals surface area contributed by atoms with Crippen molar-refractivity contribution < 1.29 is 0 Å². The summed E-state index contributed by atoms with van der Waals surface area (Å²) in [5.74, 6) is 2.20. The molecule has 2 fully saturated rings. The average Bonchev–Trinajstić information content (AvgIpc) is 2.79. The summed E-state index contributed by atoms with van der Waals surface area (Å²) in [6, 6.07) is 0. The van der Waals surface area contributed by atoms with E-state index >= 15 is 0 Å². The van der Waals surface area contributed by atoms with Crippen molar-refractivity contribution in [2.75, 3.05) is 0 Å². The van der Waals surface area contributed by atoms with Crippen molar-refractivity contribution >= 4 is 0 Å². The van der Waals surface area contributed by atoms with Crippen molar-refractivity contribution in [3.8, 4) is 0 Å². The Morgan fingerprint density at radius 2 is 0.778 bits per heavy atom. The van der Waals surface area contributed by atoms with Crippen molar-refractivity contribution in [2.24, 2.45) is 11.8 Å². The Morgan fingerprint density at radius 1 is 0.444 bits per heavy atom. The minimum Gasteiger partial charge on any atom is -0.0533 e. The zero-order valence-electron chi connectivity index (χ0n) is 12.5. The Labute approximate surface area is 115 Å². The fourth-order valence-electron chi connectivity index (χ4n) is 4.17. The van der Waals surface area contributed by atoms with Gasteiger partial charge in [-0.1, -0.05) is 103 Å². The Morgan fingerprint density at radius 3 is 1.11 bits per heavy atom. The normalized spacial score (nSPS) is 24.7. The van der Waals surface area contributed by atoms with E-state index in [1.165, 1.54) is 64.2 Å². The molecule has 0 bridgehead atoms. The summed E-state index contributed by atoms with van der Waals surface area (Å²) in [6.45, 7) is 0. The first kappa shape index (κ1) is 14.4. The second-order valence-electron chi connectivity index (χ2n) is 7.00. The van der Waals surface area contributed by atoms with E-state index in [9.17, 15) is 0 Å². The molecule has 0 N–H and O–H groups in total. The van der Waals surface area contributed by atoms with Gasteiger partial charge in [0.15, 0.2) is 0 Å². The molecule has 0 heterocycles. The molecule has 2 saturated carbocycles. The summed E-state index contributed by atoms with van der Waals surface area (Å²) in [5.41, 5.74) is 0. The van der Waals surface area contributed by atoms with Crippen LogP contribution < -0.4 is 0 Å². The van der Waals surface area contributed by atoms with Crippen molar-refractivity contribution in [3.63, 3.8) is 0 Å². The highest BCUT2D eigenvalue weighted by Crippen LogP contribution is 2.30. The highest BCUT2D eigenvalue weighted by molar-refractivity contribution is 4.67. The van der Waals surface area contributed by atoms with Crippen molar-refractivity contribution in [1.29, 1.82) is 0 Å². The van der Waals surface area contributed by atoms with Gasteiger partial charge < -0.3 is 0 Å². The van der Waals surface area contributed by atoms with Crippen molar-refractivity contribution in [2.45, 2.75) is 103 Å². The van der Waals surface area contributed by atoms with Crippen LogP contribution >= 0.6 is 0 Å². The van der Waals surface area contributed by atoms with Crippen molar-refractivity contribution in [3.05, 3.63) is 0 Å². The first-order valence-electron chi connectivity index (χ1n) is 8.95. The maximum Gasteiger partial charge on any atom is -0.0414 e. The van der Waals surface area contributed by atoms with E-state index in [-0.39, 0.29) is 0 Å².